The van der Waals surface area contributed by atoms with Crippen molar-refractivity contribution >= 4 is 28.4 Å². The smallest absolute Gasteiger partial charge is 0.189 e. The monoisotopic (exact) mass is 276 g/mol. The molecule has 0 spiro atoms. The molecule has 2 rings (SSSR count). The lowest BCUT2D eigenvalue weighted by atomic mass is 9.90. The Morgan fingerprint density at radius 2 is 2.33 bits per heavy atom. The molecule has 0 bridgehead atoms. The Hall–Kier alpha value is -0.390. The van der Waals surface area contributed by atoms with Crippen LogP contribution in [0.2, 0.25) is 0 Å². The number of Topliss-reactive ketones (excluding diaryl/α,β-unsaturated/α-hetero) is 1. The van der Waals surface area contributed by atoms with E-state index in [-0.39, 0.29) is 11.2 Å². The second-order valence-corrected chi connectivity index (χ2v) is 4.87. The molecule has 1 aromatic rings. The molecule has 0 saturated heterocycles. The van der Waals surface area contributed by atoms with E-state index in [2.05, 4.69) is 27.7 Å². The lowest BCUT2D eigenvalue weighted by molar-refractivity contribution is 0.0859. The molecule has 0 aromatic carbocycles. The van der Waals surface area contributed by atoms with Crippen molar-refractivity contribution in [3.63, 3.8) is 0 Å². The van der Waals surface area contributed by atoms with Crippen LogP contribution in [-0.4, -0.2) is 15.6 Å². The lowest BCUT2D eigenvalue weighted by Gasteiger charge is -2.12. The maximum absolute atomic E-state index is 11.7. The summed E-state index contributed by atoms with van der Waals surface area (Å²) in [4.78, 5) is 11.7. The zero-order valence-electron chi connectivity index (χ0n) is 6.97. The number of hydrogen-bond acceptors (Lipinski definition) is 2. The van der Waals surface area contributed by atoms with E-state index in [1.807, 2.05) is 13.8 Å². The van der Waals surface area contributed by atoms with E-state index in [0.29, 0.717) is 6.54 Å². The fraction of sp³-hybridized carbons (Fsp3) is 0.500. The van der Waals surface area contributed by atoms with Gasteiger partial charge in [-0.3, -0.25) is 9.48 Å². The number of fused-ring (bicyclic) bond motifs is 1. The molecule has 64 valence electrons. The average molecular weight is 276 g/mol. The van der Waals surface area contributed by atoms with Gasteiger partial charge in [-0.1, -0.05) is 13.8 Å². The molecule has 0 saturated carbocycles. The van der Waals surface area contributed by atoms with Gasteiger partial charge in [0.2, 0.25) is 0 Å². The highest BCUT2D eigenvalue weighted by atomic mass is 127. The molecule has 0 amide bonds. The van der Waals surface area contributed by atoms with Crippen LogP contribution in [0.15, 0.2) is 6.20 Å². The summed E-state index contributed by atoms with van der Waals surface area (Å²) in [5.41, 5.74) is 0.518. The van der Waals surface area contributed by atoms with E-state index in [4.69, 9.17) is 0 Å². The van der Waals surface area contributed by atoms with Crippen molar-refractivity contribution < 1.29 is 4.79 Å². The molecule has 1 aliphatic heterocycles. The van der Waals surface area contributed by atoms with E-state index in [0.717, 1.165) is 9.26 Å². The maximum Gasteiger partial charge on any atom is 0.189 e. The van der Waals surface area contributed by atoms with Crippen LogP contribution in [-0.2, 0) is 6.54 Å². The second-order valence-electron chi connectivity index (χ2n) is 3.71. The van der Waals surface area contributed by atoms with Crippen LogP contribution in [0.25, 0.3) is 0 Å². The summed E-state index contributed by atoms with van der Waals surface area (Å²) in [6, 6.07) is 0. The predicted octanol–water partition coefficient (Wildman–Crippen LogP) is 1.71. The van der Waals surface area contributed by atoms with E-state index < -0.39 is 0 Å². The molecule has 0 unspecified atom stereocenters. The van der Waals surface area contributed by atoms with Crippen molar-refractivity contribution in [2.24, 2.45) is 5.41 Å². The van der Waals surface area contributed by atoms with Crippen LogP contribution >= 0.6 is 22.6 Å². The Morgan fingerprint density at radius 3 is 2.92 bits per heavy atom. The molecule has 4 heteroatoms. The van der Waals surface area contributed by atoms with Gasteiger partial charge >= 0.3 is 0 Å². The number of hydrogen-bond donors (Lipinski definition) is 0. The molecule has 0 aliphatic carbocycles. The largest absolute Gasteiger partial charge is 0.292 e. The number of rotatable bonds is 0. The van der Waals surface area contributed by atoms with Gasteiger partial charge in [0.15, 0.2) is 5.78 Å². The summed E-state index contributed by atoms with van der Waals surface area (Å²) >= 11 is 2.15. The Balaban J connectivity index is 2.59. The SMILES string of the molecule is CC1(C)Cn2ncc(I)c2C1=O. The third-order valence-electron chi connectivity index (χ3n) is 2.17. The van der Waals surface area contributed by atoms with E-state index in [9.17, 15) is 4.79 Å². The summed E-state index contributed by atoms with van der Waals surface area (Å²) in [5.74, 6) is 0.212. The molecule has 1 aliphatic rings. The highest BCUT2D eigenvalue weighted by Crippen LogP contribution is 2.32. The highest BCUT2D eigenvalue weighted by Gasteiger charge is 2.39. The van der Waals surface area contributed by atoms with E-state index >= 15 is 0 Å². The molecule has 0 fully saturated rings. The quantitative estimate of drug-likeness (QED) is 0.676. The summed E-state index contributed by atoms with van der Waals surface area (Å²) in [5, 5.41) is 4.13. The first-order valence-electron chi connectivity index (χ1n) is 3.78. The van der Waals surface area contributed by atoms with Crippen LogP contribution in [0.4, 0.5) is 0 Å². The van der Waals surface area contributed by atoms with Gasteiger partial charge in [0.05, 0.1) is 16.3 Å². The summed E-state index contributed by atoms with van der Waals surface area (Å²) in [7, 11) is 0. The Morgan fingerprint density at radius 1 is 1.67 bits per heavy atom. The van der Waals surface area contributed by atoms with Crippen molar-refractivity contribution in [3.05, 3.63) is 15.5 Å². The molecule has 1 aromatic heterocycles. The van der Waals surface area contributed by atoms with Crippen LogP contribution in [0.3, 0.4) is 0 Å². The standard InChI is InChI=1S/C8H9IN2O/c1-8(2)4-11-6(7(8)12)5(9)3-10-11/h3H,4H2,1-2H3. The third kappa shape index (κ3) is 0.935. The van der Waals surface area contributed by atoms with Crippen LogP contribution in [0, 0.1) is 8.99 Å². The first-order valence-corrected chi connectivity index (χ1v) is 4.86. The van der Waals surface area contributed by atoms with Gasteiger partial charge in [0.25, 0.3) is 0 Å². The van der Waals surface area contributed by atoms with Crippen molar-refractivity contribution in [2.75, 3.05) is 0 Å². The minimum atomic E-state index is -0.260. The molecule has 3 nitrogen and oxygen atoms in total. The van der Waals surface area contributed by atoms with Crippen LogP contribution in [0.5, 0.6) is 0 Å². The lowest BCUT2D eigenvalue weighted by Crippen LogP contribution is -2.20. The zero-order valence-corrected chi connectivity index (χ0v) is 9.12. The van der Waals surface area contributed by atoms with Gasteiger partial charge in [0.1, 0.15) is 5.69 Å². The maximum atomic E-state index is 11.7. The second kappa shape index (κ2) is 2.31. The summed E-state index contributed by atoms with van der Waals surface area (Å²) in [6.45, 7) is 4.63. The molecule has 2 heterocycles. The van der Waals surface area contributed by atoms with E-state index in [1.54, 1.807) is 10.9 Å². The molecular weight excluding hydrogens is 267 g/mol. The fourth-order valence-corrected chi connectivity index (χ4v) is 2.12. The van der Waals surface area contributed by atoms with Crippen molar-refractivity contribution in [2.45, 2.75) is 20.4 Å². The predicted molar refractivity (Wildman–Crippen MR) is 53.1 cm³/mol. The fourth-order valence-electron chi connectivity index (χ4n) is 1.47. The van der Waals surface area contributed by atoms with Gasteiger partial charge in [-0.15, -0.1) is 0 Å². The van der Waals surface area contributed by atoms with Gasteiger partial charge in [-0.2, -0.15) is 5.10 Å². The number of carbonyl (C=O) groups excluding carboxylic acids is 1. The Kier molecular flexibility index (Phi) is 1.58. The Bertz CT molecular complexity index is 354. The molecule has 0 atom stereocenters. The first kappa shape index (κ1) is 8.22. The molecule has 12 heavy (non-hydrogen) atoms. The van der Waals surface area contributed by atoms with Crippen LogP contribution < -0.4 is 0 Å². The number of carbonyl (C=O) groups is 1. The molecular formula is C8H9IN2O. The highest BCUT2D eigenvalue weighted by molar-refractivity contribution is 14.1. The molecule has 0 N–H and O–H groups in total. The molecule has 0 radical (unpaired) electrons. The number of ketones is 1. The average Bonchev–Trinajstić information content (AvgIpc) is 2.38. The summed E-state index contributed by atoms with van der Waals surface area (Å²) < 4.78 is 2.76. The Labute approximate surface area is 84.3 Å². The minimum absolute atomic E-state index is 0.212. The first-order chi connectivity index (χ1) is 5.52. The minimum Gasteiger partial charge on any atom is -0.292 e. The van der Waals surface area contributed by atoms with Crippen molar-refractivity contribution in [1.82, 2.24) is 9.78 Å². The zero-order chi connectivity index (χ0) is 8.93. The van der Waals surface area contributed by atoms with Gasteiger partial charge < -0.3 is 0 Å². The van der Waals surface area contributed by atoms with Crippen LogP contribution in [0.1, 0.15) is 24.3 Å². The van der Waals surface area contributed by atoms with Gasteiger partial charge in [-0.05, 0) is 22.6 Å². The van der Waals surface area contributed by atoms with E-state index in [1.165, 1.54) is 0 Å². The van der Waals surface area contributed by atoms with Crippen molar-refractivity contribution in [3.8, 4) is 0 Å². The van der Waals surface area contributed by atoms with Gasteiger partial charge in [-0.25, -0.2) is 0 Å². The van der Waals surface area contributed by atoms with Gasteiger partial charge in [0, 0.05) is 5.41 Å². The number of nitrogens with zero attached hydrogens (tertiary/aromatic N) is 2. The number of aromatic nitrogens is 2. The third-order valence-corrected chi connectivity index (χ3v) is 2.96. The van der Waals surface area contributed by atoms with Crippen molar-refractivity contribution in [1.29, 1.82) is 0 Å². The number of halogens is 1. The topological polar surface area (TPSA) is 34.9 Å². The summed E-state index contributed by atoms with van der Waals surface area (Å²) in [6.07, 6.45) is 1.74. The normalized spacial score (nSPS) is 19.8.